The van der Waals surface area contributed by atoms with Gasteiger partial charge in [0.2, 0.25) is 0 Å². The van der Waals surface area contributed by atoms with E-state index in [1.165, 1.54) is 0 Å². The van der Waals surface area contributed by atoms with Crippen LogP contribution < -0.4 is 0 Å². The fraction of sp³-hybridized carbons (Fsp3) is 0.533. The lowest BCUT2D eigenvalue weighted by molar-refractivity contribution is -0.138. The van der Waals surface area contributed by atoms with Gasteiger partial charge < -0.3 is 9.84 Å². The number of ether oxygens (including phenoxy) is 1. The van der Waals surface area contributed by atoms with E-state index >= 15 is 0 Å². The van der Waals surface area contributed by atoms with Crippen LogP contribution in [-0.4, -0.2) is 36.2 Å². The van der Waals surface area contributed by atoms with Crippen molar-refractivity contribution in [2.45, 2.75) is 27.0 Å². The van der Waals surface area contributed by atoms with E-state index < -0.39 is 5.97 Å². The number of aliphatic carboxylic acids is 1. The molecule has 4 heteroatoms. The Balaban J connectivity index is 2.71. The first-order chi connectivity index (χ1) is 9.01. The molecular weight excluding hydrogens is 242 g/mol. The zero-order valence-corrected chi connectivity index (χ0v) is 11.9. The summed E-state index contributed by atoms with van der Waals surface area (Å²) < 4.78 is 5.11. The van der Waals surface area contributed by atoms with Crippen LogP contribution in [0.5, 0.6) is 0 Å². The van der Waals surface area contributed by atoms with E-state index in [0.29, 0.717) is 19.1 Å². The minimum atomic E-state index is -0.784. The number of carboxylic acid groups (broad SMARTS) is 1. The molecule has 19 heavy (non-hydrogen) atoms. The van der Waals surface area contributed by atoms with Crippen molar-refractivity contribution >= 4 is 5.97 Å². The van der Waals surface area contributed by atoms with E-state index in [-0.39, 0.29) is 6.54 Å². The monoisotopic (exact) mass is 265 g/mol. The number of nitrogens with zero attached hydrogens (tertiary/aromatic N) is 1. The number of rotatable bonds is 8. The molecule has 0 spiro atoms. The van der Waals surface area contributed by atoms with Crippen molar-refractivity contribution < 1.29 is 14.6 Å². The van der Waals surface area contributed by atoms with Crippen LogP contribution in [0.15, 0.2) is 24.3 Å². The first kappa shape index (κ1) is 15.7. The Morgan fingerprint density at radius 2 is 2.05 bits per heavy atom. The average Bonchev–Trinajstić information content (AvgIpc) is 2.27. The average molecular weight is 265 g/mol. The van der Waals surface area contributed by atoms with Gasteiger partial charge in [-0.2, -0.15) is 0 Å². The van der Waals surface area contributed by atoms with Crippen LogP contribution in [0.2, 0.25) is 0 Å². The van der Waals surface area contributed by atoms with Crippen LogP contribution in [-0.2, 0) is 22.7 Å². The van der Waals surface area contributed by atoms with Gasteiger partial charge in [-0.15, -0.1) is 0 Å². The second-order valence-corrected chi connectivity index (χ2v) is 5.21. The lowest BCUT2D eigenvalue weighted by Crippen LogP contribution is -2.32. The van der Waals surface area contributed by atoms with Gasteiger partial charge in [0.25, 0.3) is 0 Å². The zero-order valence-electron chi connectivity index (χ0n) is 11.9. The molecule has 0 heterocycles. The third-order valence-corrected chi connectivity index (χ3v) is 2.69. The number of hydrogen-bond acceptors (Lipinski definition) is 3. The van der Waals surface area contributed by atoms with E-state index in [9.17, 15) is 4.79 Å². The SMILES string of the molecule is COCc1cccc(CN(CC(=O)O)CC(C)C)c1. The van der Waals surface area contributed by atoms with E-state index in [1.807, 2.05) is 23.1 Å². The van der Waals surface area contributed by atoms with Crippen molar-refractivity contribution in [1.29, 1.82) is 0 Å². The van der Waals surface area contributed by atoms with Crippen LogP contribution >= 0.6 is 0 Å². The topological polar surface area (TPSA) is 49.8 Å². The first-order valence-electron chi connectivity index (χ1n) is 6.52. The Hall–Kier alpha value is -1.39. The molecule has 0 amide bonds. The van der Waals surface area contributed by atoms with Crippen molar-refractivity contribution in [1.82, 2.24) is 4.90 Å². The standard InChI is InChI=1S/C15H23NO3/c1-12(2)8-16(10-15(17)18)9-13-5-4-6-14(7-13)11-19-3/h4-7,12H,8-11H2,1-3H3,(H,17,18). The van der Waals surface area contributed by atoms with Gasteiger partial charge >= 0.3 is 5.97 Å². The molecule has 0 bridgehead atoms. The van der Waals surface area contributed by atoms with Crippen molar-refractivity contribution in [3.63, 3.8) is 0 Å². The van der Waals surface area contributed by atoms with Gasteiger partial charge in [-0.05, 0) is 17.0 Å². The van der Waals surface area contributed by atoms with Gasteiger partial charge in [0.05, 0.1) is 13.2 Å². The molecule has 0 atom stereocenters. The smallest absolute Gasteiger partial charge is 0.317 e. The summed E-state index contributed by atoms with van der Waals surface area (Å²) in [6.45, 7) is 6.28. The van der Waals surface area contributed by atoms with Crippen LogP contribution in [0, 0.1) is 5.92 Å². The molecule has 1 aromatic rings. The summed E-state index contributed by atoms with van der Waals surface area (Å²) >= 11 is 0. The molecule has 0 unspecified atom stereocenters. The first-order valence-corrected chi connectivity index (χ1v) is 6.52. The van der Waals surface area contributed by atoms with Crippen LogP contribution in [0.25, 0.3) is 0 Å². The van der Waals surface area contributed by atoms with Crippen molar-refractivity contribution in [2.24, 2.45) is 5.92 Å². The second kappa shape index (κ2) is 7.92. The maximum atomic E-state index is 10.9. The number of benzene rings is 1. The molecule has 0 saturated heterocycles. The summed E-state index contributed by atoms with van der Waals surface area (Å²) in [5, 5.41) is 8.95. The fourth-order valence-corrected chi connectivity index (χ4v) is 2.14. The van der Waals surface area contributed by atoms with E-state index in [2.05, 4.69) is 19.9 Å². The largest absolute Gasteiger partial charge is 0.480 e. The fourth-order valence-electron chi connectivity index (χ4n) is 2.14. The highest BCUT2D eigenvalue weighted by atomic mass is 16.5. The Labute approximate surface area is 115 Å². The summed E-state index contributed by atoms with van der Waals surface area (Å²) in [6, 6.07) is 8.09. The Kier molecular flexibility index (Phi) is 6.53. The van der Waals surface area contributed by atoms with Gasteiger partial charge in [-0.25, -0.2) is 0 Å². The molecular formula is C15H23NO3. The third kappa shape index (κ3) is 6.36. The molecule has 0 aliphatic carbocycles. The normalized spacial score (nSPS) is 11.2. The highest BCUT2D eigenvalue weighted by molar-refractivity contribution is 5.69. The van der Waals surface area contributed by atoms with Gasteiger partial charge in [0, 0.05) is 20.2 Å². The van der Waals surface area contributed by atoms with Gasteiger partial charge in [0.1, 0.15) is 0 Å². The van der Waals surface area contributed by atoms with E-state index in [0.717, 1.165) is 17.7 Å². The van der Waals surface area contributed by atoms with Crippen LogP contribution in [0.1, 0.15) is 25.0 Å². The lowest BCUT2D eigenvalue weighted by Gasteiger charge is -2.22. The van der Waals surface area contributed by atoms with Gasteiger partial charge in [0.15, 0.2) is 0 Å². The molecule has 0 fully saturated rings. The highest BCUT2D eigenvalue weighted by Gasteiger charge is 2.12. The lowest BCUT2D eigenvalue weighted by atomic mass is 10.1. The number of carbonyl (C=O) groups is 1. The van der Waals surface area contributed by atoms with Gasteiger partial charge in [-0.3, -0.25) is 9.69 Å². The minimum Gasteiger partial charge on any atom is -0.480 e. The molecule has 1 aromatic carbocycles. The van der Waals surface area contributed by atoms with E-state index in [4.69, 9.17) is 9.84 Å². The molecule has 0 aliphatic heterocycles. The Morgan fingerprint density at radius 3 is 2.63 bits per heavy atom. The van der Waals surface area contributed by atoms with Crippen LogP contribution in [0.4, 0.5) is 0 Å². The molecule has 0 radical (unpaired) electrons. The second-order valence-electron chi connectivity index (χ2n) is 5.21. The summed E-state index contributed by atoms with van der Waals surface area (Å²) in [5.41, 5.74) is 2.23. The molecule has 4 nitrogen and oxygen atoms in total. The Bertz CT molecular complexity index is 404. The minimum absolute atomic E-state index is 0.0761. The summed E-state index contributed by atoms with van der Waals surface area (Å²) in [7, 11) is 1.67. The Morgan fingerprint density at radius 1 is 1.37 bits per heavy atom. The highest BCUT2D eigenvalue weighted by Crippen LogP contribution is 2.11. The van der Waals surface area contributed by atoms with Crippen molar-refractivity contribution in [3.8, 4) is 0 Å². The third-order valence-electron chi connectivity index (χ3n) is 2.69. The molecule has 106 valence electrons. The molecule has 1 rings (SSSR count). The van der Waals surface area contributed by atoms with Crippen molar-refractivity contribution in [3.05, 3.63) is 35.4 Å². The molecule has 0 aliphatic rings. The van der Waals surface area contributed by atoms with Crippen LogP contribution in [0.3, 0.4) is 0 Å². The predicted molar refractivity (Wildman–Crippen MR) is 74.9 cm³/mol. The summed E-state index contributed by atoms with van der Waals surface area (Å²) in [6.07, 6.45) is 0. The number of methoxy groups -OCH3 is 1. The maximum Gasteiger partial charge on any atom is 0.317 e. The number of carboxylic acids is 1. The quantitative estimate of drug-likeness (QED) is 0.784. The number of hydrogen-bond donors (Lipinski definition) is 1. The zero-order chi connectivity index (χ0) is 14.3. The predicted octanol–water partition coefficient (Wildman–Crippen LogP) is 2.38. The summed E-state index contributed by atoms with van der Waals surface area (Å²) in [5.74, 6) is -0.338. The molecule has 1 N–H and O–H groups in total. The van der Waals surface area contributed by atoms with Crippen molar-refractivity contribution in [2.75, 3.05) is 20.2 Å². The van der Waals surface area contributed by atoms with E-state index in [1.54, 1.807) is 7.11 Å². The summed E-state index contributed by atoms with van der Waals surface area (Å²) in [4.78, 5) is 12.8. The van der Waals surface area contributed by atoms with Gasteiger partial charge in [-0.1, -0.05) is 38.1 Å². The molecule has 0 aromatic heterocycles. The maximum absolute atomic E-state index is 10.9. The molecule has 0 saturated carbocycles.